The van der Waals surface area contributed by atoms with Crippen LogP contribution in [0.1, 0.15) is 29.5 Å². The molecule has 1 amide bonds. The molecule has 1 atom stereocenters. The smallest absolute Gasteiger partial charge is 0.233 e. The normalized spacial score (nSPS) is 17.3. The molecule has 0 spiro atoms. The van der Waals surface area contributed by atoms with Gasteiger partial charge in [0, 0.05) is 11.4 Å². The van der Waals surface area contributed by atoms with Gasteiger partial charge in [-0.2, -0.15) is 0 Å². The van der Waals surface area contributed by atoms with Crippen LogP contribution >= 0.6 is 23.1 Å². The van der Waals surface area contributed by atoms with Gasteiger partial charge in [0.1, 0.15) is 5.01 Å². The lowest BCUT2D eigenvalue weighted by Crippen LogP contribution is -2.31. The molecule has 2 heterocycles. The first kappa shape index (κ1) is 16.6. The first-order valence-electron chi connectivity index (χ1n) is 8.56. The number of aromatic nitrogens is 1. The Labute approximate surface area is 156 Å². The molecule has 0 aliphatic carbocycles. The van der Waals surface area contributed by atoms with Crippen molar-refractivity contribution in [2.45, 2.75) is 30.7 Å². The third kappa shape index (κ3) is 3.44. The average Bonchev–Trinajstić information content (AvgIpc) is 3.27. The molecule has 0 radical (unpaired) electrons. The first-order chi connectivity index (χ1) is 12.2. The number of para-hydroxylation sites is 1. The fourth-order valence-electron chi connectivity index (χ4n) is 3.30. The van der Waals surface area contributed by atoms with Gasteiger partial charge in [-0.15, -0.1) is 23.1 Å². The van der Waals surface area contributed by atoms with Crippen LogP contribution < -0.4 is 0 Å². The minimum Gasteiger partial charge on any atom is -0.332 e. The van der Waals surface area contributed by atoms with Crippen molar-refractivity contribution in [2.75, 3.05) is 12.3 Å². The third-order valence-corrected chi connectivity index (χ3v) is 6.91. The number of thioether (sulfide) groups is 1. The lowest BCUT2D eigenvalue weighted by Gasteiger charge is -2.23. The molecule has 1 aliphatic heterocycles. The van der Waals surface area contributed by atoms with Gasteiger partial charge >= 0.3 is 0 Å². The standard InChI is InChI=1S/C20H20N2OS2/c1-14-7-2-4-10-17(14)24-13-19(23)22-12-6-9-16(22)20-21-15-8-3-5-11-18(15)25-20/h2-5,7-8,10-11,16H,6,9,12-13H2,1H3. The Balaban J connectivity index is 1.49. The monoisotopic (exact) mass is 368 g/mol. The summed E-state index contributed by atoms with van der Waals surface area (Å²) in [7, 11) is 0. The number of amides is 1. The van der Waals surface area contributed by atoms with Gasteiger partial charge in [-0.05, 0) is 43.5 Å². The van der Waals surface area contributed by atoms with Crippen LogP contribution in [0.25, 0.3) is 10.2 Å². The summed E-state index contributed by atoms with van der Waals surface area (Å²) in [5.74, 6) is 0.710. The number of carbonyl (C=O) groups is 1. The lowest BCUT2D eigenvalue weighted by molar-refractivity contribution is -0.129. The van der Waals surface area contributed by atoms with Crippen LogP contribution in [0.4, 0.5) is 0 Å². The van der Waals surface area contributed by atoms with E-state index in [-0.39, 0.29) is 11.9 Å². The number of carbonyl (C=O) groups excluding carboxylic acids is 1. The number of nitrogens with zero attached hydrogens (tertiary/aromatic N) is 2. The third-order valence-electron chi connectivity index (χ3n) is 4.61. The van der Waals surface area contributed by atoms with Crippen LogP contribution in [-0.4, -0.2) is 28.1 Å². The van der Waals surface area contributed by atoms with E-state index >= 15 is 0 Å². The molecule has 4 rings (SSSR count). The second-order valence-corrected chi connectivity index (χ2v) is 8.40. The molecule has 1 unspecified atom stereocenters. The number of hydrogen-bond acceptors (Lipinski definition) is 4. The van der Waals surface area contributed by atoms with Gasteiger partial charge in [0.15, 0.2) is 0 Å². The summed E-state index contributed by atoms with van der Waals surface area (Å²) < 4.78 is 1.20. The first-order valence-corrected chi connectivity index (χ1v) is 10.4. The topological polar surface area (TPSA) is 33.2 Å². The van der Waals surface area contributed by atoms with Crippen molar-refractivity contribution in [3.05, 3.63) is 59.1 Å². The molecule has 1 saturated heterocycles. The van der Waals surface area contributed by atoms with E-state index in [2.05, 4.69) is 25.1 Å². The minimum absolute atomic E-state index is 0.141. The van der Waals surface area contributed by atoms with Gasteiger partial charge in [0.25, 0.3) is 0 Å². The molecule has 1 aliphatic rings. The fourth-order valence-corrected chi connectivity index (χ4v) is 5.33. The fraction of sp³-hybridized carbons (Fsp3) is 0.300. The highest BCUT2D eigenvalue weighted by Gasteiger charge is 2.32. The molecular weight excluding hydrogens is 348 g/mol. The predicted molar refractivity (Wildman–Crippen MR) is 105 cm³/mol. The van der Waals surface area contributed by atoms with Crippen molar-refractivity contribution in [2.24, 2.45) is 0 Å². The molecule has 25 heavy (non-hydrogen) atoms. The molecule has 128 valence electrons. The maximum atomic E-state index is 12.8. The van der Waals surface area contributed by atoms with Gasteiger partial charge in [-0.3, -0.25) is 4.79 Å². The maximum Gasteiger partial charge on any atom is 0.233 e. The van der Waals surface area contributed by atoms with Crippen molar-refractivity contribution in [1.29, 1.82) is 0 Å². The molecule has 0 bridgehead atoms. The Morgan fingerprint density at radius 3 is 2.88 bits per heavy atom. The van der Waals surface area contributed by atoms with Crippen LogP contribution in [-0.2, 0) is 4.79 Å². The number of aryl methyl sites for hydroxylation is 1. The Morgan fingerprint density at radius 2 is 2.04 bits per heavy atom. The summed E-state index contributed by atoms with van der Waals surface area (Å²) in [6, 6.07) is 16.6. The highest BCUT2D eigenvalue weighted by molar-refractivity contribution is 8.00. The van der Waals surface area contributed by atoms with Crippen molar-refractivity contribution < 1.29 is 4.79 Å². The van der Waals surface area contributed by atoms with Crippen molar-refractivity contribution in [1.82, 2.24) is 9.88 Å². The quantitative estimate of drug-likeness (QED) is 0.604. The highest BCUT2D eigenvalue weighted by Crippen LogP contribution is 2.37. The van der Waals surface area contributed by atoms with E-state index in [1.54, 1.807) is 23.1 Å². The van der Waals surface area contributed by atoms with Crippen molar-refractivity contribution in [3.63, 3.8) is 0 Å². The molecule has 1 aromatic heterocycles. The number of rotatable bonds is 4. The number of hydrogen-bond donors (Lipinski definition) is 0. The highest BCUT2D eigenvalue weighted by atomic mass is 32.2. The number of thiazole rings is 1. The van der Waals surface area contributed by atoms with E-state index in [0.717, 1.165) is 29.9 Å². The van der Waals surface area contributed by atoms with Gasteiger partial charge in [-0.1, -0.05) is 30.3 Å². The second-order valence-electron chi connectivity index (χ2n) is 6.32. The van der Waals surface area contributed by atoms with Gasteiger partial charge in [0.05, 0.1) is 22.0 Å². The van der Waals surface area contributed by atoms with Crippen LogP contribution in [0.3, 0.4) is 0 Å². The van der Waals surface area contributed by atoms with Crippen LogP contribution in [0, 0.1) is 6.92 Å². The second kappa shape index (κ2) is 7.18. The molecule has 5 heteroatoms. The Hall–Kier alpha value is -1.85. The van der Waals surface area contributed by atoms with Crippen molar-refractivity contribution in [3.8, 4) is 0 Å². The van der Waals surface area contributed by atoms with Gasteiger partial charge in [-0.25, -0.2) is 4.98 Å². The molecule has 3 nitrogen and oxygen atoms in total. The SMILES string of the molecule is Cc1ccccc1SCC(=O)N1CCCC1c1nc2ccccc2s1. The molecular formula is C20H20N2OS2. The predicted octanol–water partition coefficient (Wildman–Crippen LogP) is 5.06. The lowest BCUT2D eigenvalue weighted by atomic mass is 10.2. The summed E-state index contributed by atoms with van der Waals surface area (Å²) >= 11 is 3.36. The van der Waals surface area contributed by atoms with Crippen LogP contribution in [0.15, 0.2) is 53.4 Å². The number of fused-ring (bicyclic) bond motifs is 1. The molecule has 0 saturated carbocycles. The molecule has 0 N–H and O–H groups in total. The Morgan fingerprint density at radius 1 is 1.24 bits per heavy atom. The average molecular weight is 369 g/mol. The largest absolute Gasteiger partial charge is 0.332 e. The van der Waals surface area contributed by atoms with Gasteiger partial charge in [0.2, 0.25) is 5.91 Å². The van der Waals surface area contributed by atoms with Crippen molar-refractivity contribution >= 4 is 39.2 Å². The van der Waals surface area contributed by atoms with E-state index in [4.69, 9.17) is 4.98 Å². The Bertz CT molecular complexity index is 872. The molecule has 3 aromatic rings. The summed E-state index contributed by atoms with van der Waals surface area (Å²) in [6.07, 6.45) is 2.07. The van der Waals surface area contributed by atoms with E-state index < -0.39 is 0 Å². The van der Waals surface area contributed by atoms with E-state index in [1.807, 2.05) is 35.2 Å². The summed E-state index contributed by atoms with van der Waals surface area (Å²) in [4.78, 5) is 20.8. The molecule has 2 aromatic carbocycles. The molecule has 1 fully saturated rings. The van der Waals surface area contributed by atoms with E-state index in [0.29, 0.717) is 5.75 Å². The summed E-state index contributed by atoms with van der Waals surface area (Å²) in [6.45, 7) is 2.93. The van der Waals surface area contributed by atoms with Crippen LogP contribution in [0.2, 0.25) is 0 Å². The Kier molecular flexibility index (Phi) is 4.77. The van der Waals surface area contributed by atoms with E-state index in [1.165, 1.54) is 15.2 Å². The zero-order valence-electron chi connectivity index (χ0n) is 14.1. The summed E-state index contributed by atoms with van der Waals surface area (Å²) in [5, 5.41) is 1.08. The zero-order valence-corrected chi connectivity index (χ0v) is 15.8. The summed E-state index contributed by atoms with van der Waals surface area (Å²) in [5.41, 5.74) is 2.26. The number of benzene rings is 2. The minimum atomic E-state index is 0.141. The maximum absolute atomic E-state index is 12.8. The van der Waals surface area contributed by atoms with Crippen LogP contribution in [0.5, 0.6) is 0 Å². The van der Waals surface area contributed by atoms with Gasteiger partial charge < -0.3 is 4.90 Å². The van der Waals surface area contributed by atoms with E-state index in [9.17, 15) is 4.79 Å². The zero-order chi connectivity index (χ0) is 17.2. The number of likely N-dealkylation sites (tertiary alicyclic amines) is 1.